The number of ether oxygens (including phenoxy) is 1. The molecule has 0 aliphatic rings. The second-order valence-electron chi connectivity index (χ2n) is 4.96. The fourth-order valence-electron chi connectivity index (χ4n) is 2.42. The fraction of sp³-hybridized carbons (Fsp3) is 0.111. The van der Waals surface area contributed by atoms with Crippen molar-refractivity contribution in [3.05, 3.63) is 77.6 Å². The van der Waals surface area contributed by atoms with Crippen LogP contribution in [-0.2, 0) is 4.74 Å². The largest absolute Gasteiger partial charge is 0.364 e. The van der Waals surface area contributed by atoms with Gasteiger partial charge in [-0.3, -0.25) is 0 Å². The molecule has 0 saturated carbocycles. The number of aliphatic hydroxyl groups is 1. The van der Waals surface area contributed by atoms with E-state index < -0.39 is 6.29 Å². The number of nitrogens with zero attached hydrogens (tertiary/aromatic N) is 1. The van der Waals surface area contributed by atoms with Crippen molar-refractivity contribution in [3.8, 4) is 16.8 Å². The molecule has 22 heavy (non-hydrogen) atoms. The van der Waals surface area contributed by atoms with Crippen LogP contribution < -0.4 is 0 Å². The van der Waals surface area contributed by atoms with Crippen molar-refractivity contribution in [3.63, 3.8) is 0 Å². The van der Waals surface area contributed by atoms with E-state index >= 15 is 0 Å². The van der Waals surface area contributed by atoms with Gasteiger partial charge in [-0.15, -0.1) is 0 Å². The van der Waals surface area contributed by atoms with Crippen molar-refractivity contribution in [1.82, 2.24) is 4.57 Å². The summed E-state index contributed by atoms with van der Waals surface area (Å²) in [6.45, 7) is 0. The molecule has 0 amide bonds. The van der Waals surface area contributed by atoms with Crippen LogP contribution in [-0.4, -0.2) is 16.8 Å². The van der Waals surface area contributed by atoms with E-state index in [1.807, 2.05) is 71.6 Å². The number of aliphatic hydroxyl groups excluding tert-OH is 1. The molecular formula is C18H16ClNO2. The molecule has 0 aliphatic heterocycles. The number of rotatable bonds is 4. The molecule has 0 aliphatic carbocycles. The van der Waals surface area contributed by atoms with Crippen LogP contribution in [0, 0.1) is 0 Å². The predicted octanol–water partition coefficient (Wildman–Crippen LogP) is 4.44. The van der Waals surface area contributed by atoms with Crippen LogP contribution >= 0.6 is 11.6 Å². The molecule has 1 heterocycles. The number of benzene rings is 2. The summed E-state index contributed by atoms with van der Waals surface area (Å²) in [5.74, 6) is 0. The highest BCUT2D eigenvalue weighted by molar-refractivity contribution is 6.30. The van der Waals surface area contributed by atoms with E-state index in [1.165, 1.54) is 7.11 Å². The second-order valence-corrected chi connectivity index (χ2v) is 5.40. The lowest BCUT2D eigenvalue weighted by molar-refractivity contribution is -0.0765. The number of hydrogen-bond acceptors (Lipinski definition) is 2. The van der Waals surface area contributed by atoms with Gasteiger partial charge in [-0.25, -0.2) is 0 Å². The molecule has 3 nitrogen and oxygen atoms in total. The summed E-state index contributed by atoms with van der Waals surface area (Å²) >= 11 is 5.94. The molecule has 1 aromatic heterocycles. The molecule has 0 radical (unpaired) electrons. The Balaban J connectivity index is 2.10. The Morgan fingerprint density at radius 2 is 1.68 bits per heavy atom. The Morgan fingerprint density at radius 1 is 1.00 bits per heavy atom. The molecule has 1 N–H and O–H groups in total. The molecule has 0 bridgehead atoms. The zero-order valence-electron chi connectivity index (χ0n) is 12.1. The highest BCUT2D eigenvalue weighted by atomic mass is 35.5. The Bertz CT molecular complexity index is 751. The summed E-state index contributed by atoms with van der Waals surface area (Å²) in [5.41, 5.74) is 3.66. The summed E-state index contributed by atoms with van der Waals surface area (Å²) in [6.07, 6.45) is 2.89. The van der Waals surface area contributed by atoms with Gasteiger partial charge in [0.2, 0.25) is 0 Å². The minimum atomic E-state index is -0.969. The van der Waals surface area contributed by atoms with Crippen LogP contribution in [0.1, 0.15) is 11.9 Å². The third-order valence-electron chi connectivity index (χ3n) is 3.56. The van der Waals surface area contributed by atoms with E-state index in [2.05, 4.69) is 0 Å². The van der Waals surface area contributed by atoms with Gasteiger partial charge in [-0.05, 0) is 29.8 Å². The van der Waals surface area contributed by atoms with Crippen molar-refractivity contribution >= 4 is 11.6 Å². The SMILES string of the molecule is COC(O)c1cn(-c2ccc(Cl)cc2)cc1-c1ccccc1. The molecule has 4 heteroatoms. The first kappa shape index (κ1) is 14.9. The van der Waals surface area contributed by atoms with Gasteiger partial charge >= 0.3 is 0 Å². The highest BCUT2D eigenvalue weighted by Gasteiger charge is 2.16. The number of methoxy groups -OCH3 is 1. The normalized spacial score (nSPS) is 12.3. The number of hydrogen-bond donors (Lipinski definition) is 1. The van der Waals surface area contributed by atoms with Gasteiger partial charge in [0.15, 0.2) is 6.29 Å². The standard InChI is InChI=1S/C18H16ClNO2/c1-22-18(21)17-12-20(15-9-7-14(19)8-10-15)11-16(17)13-5-3-2-4-6-13/h2-12,18,21H,1H3. The van der Waals surface area contributed by atoms with Gasteiger partial charge in [0, 0.05) is 41.3 Å². The fourth-order valence-corrected chi connectivity index (χ4v) is 2.54. The maximum atomic E-state index is 10.1. The van der Waals surface area contributed by atoms with Gasteiger partial charge in [0.05, 0.1) is 0 Å². The predicted molar refractivity (Wildman–Crippen MR) is 88.2 cm³/mol. The zero-order valence-corrected chi connectivity index (χ0v) is 12.9. The molecule has 3 aromatic rings. The van der Waals surface area contributed by atoms with Gasteiger partial charge in [-0.1, -0.05) is 41.9 Å². The monoisotopic (exact) mass is 313 g/mol. The Labute approximate surface area is 134 Å². The van der Waals surface area contributed by atoms with Crippen LogP contribution in [0.3, 0.4) is 0 Å². The van der Waals surface area contributed by atoms with Gasteiger partial charge < -0.3 is 14.4 Å². The van der Waals surface area contributed by atoms with Crippen molar-refractivity contribution in [1.29, 1.82) is 0 Å². The van der Waals surface area contributed by atoms with E-state index in [0.717, 1.165) is 22.4 Å². The topological polar surface area (TPSA) is 34.4 Å². The van der Waals surface area contributed by atoms with Crippen LogP contribution in [0.15, 0.2) is 67.0 Å². The van der Waals surface area contributed by atoms with Gasteiger partial charge in [0.1, 0.15) is 0 Å². The number of halogens is 1. The van der Waals surface area contributed by atoms with Crippen LogP contribution in [0.2, 0.25) is 5.02 Å². The van der Waals surface area contributed by atoms with Gasteiger partial charge in [-0.2, -0.15) is 0 Å². The third-order valence-corrected chi connectivity index (χ3v) is 3.81. The van der Waals surface area contributed by atoms with E-state index in [4.69, 9.17) is 16.3 Å². The lowest BCUT2D eigenvalue weighted by Gasteiger charge is -2.09. The summed E-state index contributed by atoms with van der Waals surface area (Å²) < 4.78 is 7.04. The first-order valence-corrected chi connectivity index (χ1v) is 7.31. The lowest BCUT2D eigenvalue weighted by Crippen LogP contribution is -1.99. The number of aromatic nitrogens is 1. The van der Waals surface area contributed by atoms with Crippen LogP contribution in [0.5, 0.6) is 0 Å². The molecule has 1 unspecified atom stereocenters. The second kappa shape index (κ2) is 6.36. The first-order valence-electron chi connectivity index (χ1n) is 6.93. The lowest BCUT2D eigenvalue weighted by atomic mass is 10.0. The van der Waals surface area contributed by atoms with Gasteiger partial charge in [0.25, 0.3) is 0 Å². The molecular weight excluding hydrogens is 298 g/mol. The smallest absolute Gasteiger partial charge is 0.182 e. The van der Waals surface area contributed by atoms with Crippen molar-refractivity contribution in [2.45, 2.75) is 6.29 Å². The van der Waals surface area contributed by atoms with E-state index in [-0.39, 0.29) is 0 Å². The highest BCUT2D eigenvalue weighted by Crippen LogP contribution is 2.31. The Kier molecular flexibility index (Phi) is 4.29. The van der Waals surface area contributed by atoms with Crippen molar-refractivity contribution < 1.29 is 9.84 Å². The molecule has 0 fully saturated rings. The van der Waals surface area contributed by atoms with E-state index in [9.17, 15) is 5.11 Å². The molecule has 3 rings (SSSR count). The molecule has 0 saturated heterocycles. The first-order chi connectivity index (χ1) is 10.7. The average Bonchev–Trinajstić information content (AvgIpc) is 3.01. The minimum Gasteiger partial charge on any atom is -0.364 e. The van der Waals surface area contributed by atoms with Crippen LogP contribution in [0.4, 0.5) is 0 Å². The van der Waals surface area contributed by atoms with Crippen LogP contribution in [0.25, 0.3) is 16.8 Å². The maximum absolute atomic E-state index is 10.1. The maximum Gasteiger partial charge on any atom is 0.182 e. The summed E-state index contributed by atoms with van der Waals surface area (Å²) in [4.78, 5) is 0. The third kappa shape index (κ3) is 2.92. The van der Waals surface area contributed by atoms with Crippen molar-refractivity contribution in [2.24, 2.45) is 0 Å². The molecule has 112 valence electrons. The van der Waals surface area contributed by atoms with Crippen molar-refractivity contribution in [2.75, 3.05) is 7.11 Å². The van der Waals surface area contributed by atoms with E-state index in [1.54, 1.807) is 0 Å². The average molecular weight is 314 g/mol. The summed E-state index contributed by atoms with van der Waals surface area (Å²) in [7, 11) is 1.49. The Hall–Kier alpha value is -2.07. The molecule has 1 atom stereocenters. The quantitative estimate of drug-likeness (QED) is 0.723. The molecule has 2 aromatic carbocycles. The molecule has 0 spiro atoms. The minimum absolute atomic E-state index is 0.691. The summed E-state index contributed by atoms with van der Waals surface area (Å²) in [6, 6.07) is 17.5. The van der Waals surface area contributed by atoms with E-state index in [0.29, 0.717) is 5.02 Å². The summed E-state index contributed by atoms with van der Waals surface area (Å²) in [5, 5.41) is 10.8. The zero-order chi connectivity index (χ0) is 15.5. The Morgan fingerprint density at radius 3 is 2.32 bits per heavy atom.